The minimum absolute atomic E-state index is 0.515. The van der Waals surface area contributed by atoms with Crippen LogP contribution in [0.1, 0.15) is 50.8 Å². The molecule has 1 heterocycles. The van der Waals surface area contributed by atoms with Gasteiger partial charge >= 0.3 is 0 Å². The van der Waals surface area contributed by atoms with Crippen molar-refractivity contribution in [1.82, 2.24) is 15.5 Å². The Labute approximate surface area is 114 Å². The zero-order valence-electron chi connectivity index (χ0n) is 11.8. The van der Waals surface area contributed by atoms with E-state index in [-0.39, 0.29) is 0 Å². The molecular weight excluding hydrogens is 238 g/mol. The van der Waals surface area contributed by atoms with Crippen LogP contribution in [0.3, 0.4) is 0 Å². The molecule has 19 heavy (non-hydrogen) atoms. The molecule has 3 aliphatic carbocycles. The van der Waals surface area contributed by atoms with Gasteiger partial charge in [-0.25, -0.2) is 0 Å². The Bertz CT molecular complexity index is 454. The summed E-state index contributed by atoms with van der Waals surface area (Å²) in [4.78, 5) is 0. The van der Waals surface area contributed by atoms with Crippen molar-refractivity contribution in [2.24, 2.45) is 23.7 Å². The maximum absolute atomic E-state index is 5.89. The van der Waals surface area contributed by atoms with Gasteiger partial charge in [0, 0.05) is 24.9 Å². The lowest BCUT2D eigenvalue weighted by Crippen LogP contribution is -2.25. The summed E-state index contributed by atoms with van der Waals surface area (Å²) < 4.78 is 5.89. The Morgan fingerprint density at radius 2 is 1.95 bits per heavy atom. The minimum atomic E-state index is 0.515. The second-order valence-corrected chi connectivity index (χ2v) is 6.91. The van der Waals surface area contributed by atoms with Crippen molar-refractivity contribution in [2.75, 3.05) is 6.54 Å². The Morgan fingerprint density at radius 3 is 2.63 bits per heavy atom. The molecule has 0 spiro atoms. The quantitative estimate of drug-likeness (QED) is 0.884. The molecule has 104 valence electrons. The largest absolute Gasteiger partial charge is 0.425 e. The summed E-state index contributed by atoms with van der Waals surface area (Å²) in [6.45, 7) is 5.23. The van der Waals surface area contributed by atoms with Gasteiger partial charge in [-0.3, -0.25) is 0 Å². The SMILES string of the molecule is CC(C)NCCc1nnc(C2C3C4CCC(C4)C23)o1. The summed E-state index contributed by atoms with van der Waals surface area (Å²) in [5.41, 5.74) is 0. The third-order valence-corrected chi connectivity index (χ3v) is 5.39. The summed E-state index contributed by atoms with van der Waals surface area (Å²) in [6.07, 6.45) is 5.22. The predicted molar refractivity (Wildman–Crippen MR) is 71.7 cm³/mol. The number of rotatable bonds is 5. The number of aromatic nitrogens is 2. The van der Waals surface area contributed by atoms with Gasteiger partial charge < -0.3 is 9.73 Å². The average Bonchev–Trinajstić information content (AvgIpc) is 2.78. The number of nitrogens with one attached hydrogen (secondary N) is 1. The van der Waals surface area contributed by atoms with E-state index in [0.717, 1.165) is 48.4 Å². The van der Waals surface area contributed by atoms with Crippen LogP contribution in [0.2, 0.25) is 0 Å². The first-order valence-electron chi connectivity index (χ1n) is 7.79. The first-order valence-corrected chi connectivity index (χ1v) is 7.79. The molecule has 4 atom stereocenters. The van der Waals surface area contributed by atoms with Crippen LogP contribution in [0.15, 0.2) is 4.42 Å². The van der Waals surface area contributed by atoms with Crippen molar-refractivity contribution in [3.05, 3.63) is 11.8 Å². The van der Waals surface area contributed by atoms with Gasteiger partial charge in [0.25, 0.3) is 0 Å². The molecule has 2 bridgehead atoms. The second-order valence-electron chi connectivity index (χ2n) is 6.91. The fraction of sp³-hybridized carbons (Fsp3) is 0.867. The van der Waals surface area contributed by atoms with Crippen molar-refractivity contribution in [1.29, 1.82) is 0 Å². The Kier molecular flexibility index (Phi) is 2.69. The summed E-state index contributed by atoms with van der Waals surface area (Å²) in [7, 11) is 0. The van der Waals surface area contributed by atoms with Crippen molar-refractivity contribution in [3.63, 3.8) is 0 Å². The Morgan fingerprint density at radius 1 is 1.21 bits per heavy atom. The molecule has 4 rings (SSSR count). The molecule has 1 aromatic heterocycles. The minimum Gasteiger partial charge on any atom is -0.425 e. The van der Waals surface area contributed by atoms with E-state index in [0.29, 0.717) is 12.0 Å². The Hall–Kier alpha value is -0.900. The lowest BCUT2D eigenvalue weighted by molar-refractivity contribution is 0.405. The monoisotopic (exact) mass is 261 g/mol. The Balaban J connectivity index is 1.37. The number of hydrogen-bond acceptors (Lipinski definition) is 4. The molecule has 0 aromatic carbocycles. The van der Waals surface area contributed by atoms with Crippen LogP contribution in [0.4, 0.5) is 0 Å². The van der Waals surface area contributed by atoms with Gasteiger partial charge in [-0.2, -0.15) is 0 Å². The van der Waals surface area contributed by atoms with Crippen molar-refractivity contribution in [3.8, 4) is 0 Å². The molecule has 4 nitrogen and oxygen atoms in total. The van der Waals surface area contributed by atoms with E-state index in [4.69, 9.17) is 4.42 Å². The lowest BCUT2D eigenvalue weighted by Gasteiger charge is -2.05. The molecule has 3 aliphatic rings. The van der Waals surface area contributed by atoms with Crippen molar-refractivity contribution < 1.29 is 4.42 Å². The van der Waals surface area contributed by atoms with E-state index in [1.54, 1.807) is 0 Å². The molecule has 0 amide bonds. The van der Waals surface area contributed by atoms with E-state index >= 15 is 0 Å². The standard InChI is InChI=1S/C15H23N3O/c1-8(2)16-6-5-11-17-18-15(19-11)14-12-9-3-4-10(7-9)13(12)14/h8-10,12-14,16H,3-7H2,1-2H3. The smallest absolute Gasteiger partial charge is 0.220 e. The maximum atomic E-state index is 5.89. The van der Waals surface area contributed by atoms with E-state index < -0.39 is 0 Å². The third kappa shape index (κ3) is 1.92. The highest BCUT2D eigenvalue weighted by Gasteiger charge is 2.67. The molecular formula is C15H23N3O. The number of fused-ring (bicyclic) bond motifs is 5. The molecule has 4 unspecified atom stereocenters. The van der Waals surface area contributed by atoms with Gasteiger partial charge in [0.1, 0.15) is 0 Å². The van der Waals surface area contributed by atoms with Crippen LogP contribution >= 0.6 is 0 Å². The lowest BCUT2D eigenvalue weighted by atomic mass is 10.0. The normalized spacial score (nSPS) is 39.0. The highest BCUT2D eigenvalue weighted by atomic mass is 16.4. The van der Waals surface area contributed by atoms with Crippen molar-refractivity contribution in [2.45, 2.75) is 51.5 Å². The molecule has 1 aromatic rings. The summed E-state index contributed by atoms with van der Waals surface area (Å²) in [5.74, 6) is 6.08. The molecule has 3 fully saturated rings. The van der Waals surface area contributed by atoms with Crippen molar-refractivity contribution >= 4 is 0 Å². The zero-order valence-corrected chi connectivity index (χ0v) is 11.8. The second kappa shape index (κ2) is 4.30. The fourth-order valence-corrected chi connectivity index (χ4v) is 4.63. The molecule has 4 heteroatoms. The van der Waals surface area contributed by atoms with Crippen LogP contribution < -0.4 is 5.32 Å². The summed E-state index contributed by atoms with van der Waals surface area (Å²) in [6, 6.07) is 0.515. The van der Waals surface area contributed by atoms with Gasteiger partial charge in [-0.05, 0) is 42.9 Å². The number of hydrogen-bond donors (Lipinski definition) is 1. The zero-order chi connectivity index (χ0) is 13.0. The van der Waals surface area contributed by atoms with E-state index in [2.05, 4.69) is 29.4 Å². The average molecular weight is 261 g/mol. The number of nitrogens with zero attached hydrogens (tertiary/aromatic N) is 2. The van der Waals surface area contributed by atoms with E-state index in [9.17, 15) is 0 Å². The summed E-state index contributed by atoms with van der Waals surface area (Å²) >= 11 is 0. The molecule has 0 saturated heterocycles. The third-order valence-electron chi connectivity index (χ3n) is 5.39. The van der Waals surface area contributed by atoms with Crippen LogP contribution in [0.5, 0.6) is 0 Å². The van der Waals surface area contributed by atoms with E-state index in [1.165, 1.54) is 19.3 Å². The van der Waals surface area contributed by atoms with Crippen LogP contribution in [-0.4, -0.2) is 22.8 Å². The predicted octanol–water partition coefficient (Wildman–Crippen LogP) is 2.37. The van der Waals surface area contributed by atoms with Gasteiger partial charge in [-0.15, -0.1) is 10.2 Å². The highest BCUT2D eigenvalue weighted by molar-refractivity contribution is 5.22. The van der Waals surface area contributed by atoms with Crippen LogP contribution in [0.25, 0.3) is 0 Å². The topological polar surface area (TPSA) is 51.0 Å². The maximum Gasteiger partial charge on any atom is 0.220 e. The van der Waals surface area contributed by atoms with Crippen LogP contribution in [0, 0.1) is 23.7 Å². The summed E-state index contributed by atoms with van der Waals surface area (Å²) in [5, 5.41) is 11.9. The molecule has 0 radical (unpaired) electrons. The van der Waals surface area contributed by atoms with Gasteiger partial charge in [0.15, 0.2) is 0 Å². The molecule has 0 aliphatic heterocycles. The highest BCUT2D eigenvalue weighted by Crippen LogP contribution is 2.72. The first kappa shape index (κ1) is 11.9. The fourth-order valence-electron chi connectivity index (χ4n) is 4.63. The van der Waals surface area contributed by atoms with Crippen LogP contribution in [-0.2, 0) is 6.42 Å². The van der Waals surface area contributed by atoms with Gasteiger partial charge in [0.05, 0.1) is 0 Å². The van der Waals surface area contributed by atoms with Gasteiger partial charge in [0.2, 0.25) is 11.8 Å². The van der Waals surface area contributed by atoms with E-state index in [1.807, 2.05) is 0 Å². The first-order chi connectivity index (χ1) is 9.24. The molecule has 3 saturated carbocycles. The molecule has 1 N–H and O–H groups in total. The van der Waals surface area contributed by atoms with Gasteiger partial charge in [-0.1, -0.05) is 13.8 Å².